The topological polar surface area (TPSA) is 3.24 Å². The second-order valence-corrected chi connectivity index (χ2v) is 12.1. The molecule has 0 unspecified atom stereocenters. The van der Waals surface area contributed by atoms with Crippen molar-refractivity contribution in [3.63, 3.8) is 0 Å². The third-order valence-corrected chi connectivity index (χ3v) is 9.70. The van der Waals surface area contributed by atoms with E-state index in [1.807, 2.05) is 0 Å². The van der Waals surface area contributed by atoms with E-state index in [2.05, 4.69) is 193 Å². The van der Waals surface area contributed by atoms with Crippen LogP contribution < -0.4 is 4.90 Å². The first-order valence-electron chi connectivity index (χ1n) is 15.9. The van der Waals surface area contributed by atoms with Crippen LogP contribution in [0.2, 0.25) is 0 Å². The van der Waals surface area contributed by atoms with E-state index < -0.39 is 5.41 Å². The Morgan fingerprint density at radius 2 is 0.870 bits per heavy atom. The second-order valence-electron chi connectivity index (χ2n) is 12.1. The quantitative estimate of drug-likeness (QED) is 0.182. The number of nitrogens with zero attached hydrogens (tertiary/aromatic N) is 1. The molecule has 0 atom stereocenters. The van der Waals surface area contributed by atoms with Crippen molar-refractivity contribution in [2.24, 2.45) is 0 Å². The number of benzene rings is 8. The zero-order valence-corrected chi connectivity index (χ0v) is 25.3. The molecular formula is C45H31N. The number of anilines is 3. The summed E-state index contributed by atoms with van der Waals surface area (Å²) in [4.78, 5) is 2.40. The first-order chi connectivity index (χ1) is 22.8. The van der Waals surface area contributed by atoms with Crippen LogP contribution in [-0.2, 0) is 5.41 Å². The van der Waals surface area contributed by atoms with Crippen molar-refractivity contribution in [1.82, 2.24) is 0 Å². The molecule has 1 heteroatoms. The normalized spacial score (nSPS) is 13.0. The lowest BCUT2D eigenvalue weighted by Crippen LogP contribution is -2.28. The molecule has 1 nitrogen and oxygen atoms in total. The van der Waals surface area contributed by atoms with Crippen LogP contribution in [0.25, 0.3) is 32.7 Å². The SMILES string of the molecule is c1ccc(N(c2ccc3c(c2)C(c2ccccc2)(c2ccccc2)c2ccccc2-3)c2ccc3c(ccc4ccccc43)c2)cc1. The van der Waals surface area contributed by atoms with Crippen molar-refractivity contribution in [1.29, 1.82) is 0 Å². The monoisotopic (exact) mass is 585 g/mol. The number of para-hydroxylation sites is 1. The molecule has 8 aromatic rings. The van der Waals surface area contributed by atoms with E-state index in [1.54, 1.807) is 0 Å². The smallest absolute Gasteiger partial charge is 0.0714 e. The average molecular weight is 586 g/mol. The van der Waals surface area contributed by atoms with Gasteiger partial charge in [-0.3, -0.25) is 0 Å². The number of rotatable bonds is 5. The average Bonchev–Trinajstić information content (AvgIpc) is 3.43. The molecule has 1 aliphatic carbocycles. The second kappa shape index (κ2) is 10.6. The van der Waals surface area contributed by atoms with Gasteiger partial charge in [0.1, 0.15) is 0 Å². The van der Waals surface area contributed by atoms with E-state index in [1.165, 1.54) is 54.9 Å². The third kappa shape index (κ3) is 3.95. The summed E-state index contributed by atoms with van der Waals surface area (Å²) in [5.41, 5.74) is 10.7. The molecule has 0 aliphatic heterocycles. The van der Waals surface area contributed by atoms with Crippen molar-refractivity contribution in [3.8, 4) is 11.1 Å². The minimum atomic E-state index is -0.449. The van der Waals surface area contributed by atoms with Crippen molar-refractivity contribution in [2.75, 3.05) is 4.90 Å². The Morgan fingerprint density at radius 1 is 0.326 bits per heavy atom. The maximum atomic E-state index is 2.44. The molecular weight excluding hydrogens is 555 g/mol. The molecule has 0 fully saturated rings. The summed E-state index contributed by atoms with van der Waals surface area (Å²) in [5, 5.41) is 5.04. The van der Waals surface area contributed by atoms with Crippen molar-refractivity contribution >= 4 is 38.6 Å². The molecule has 8 aromatic carbocycles. The summed E-state index contributed by atoms with van der Waals surface area (Å²) >= 11 is 0. The van der Waals surface area contributed by atoms with Crippen LogP contribution >= 0.6 is 0 Å². The van der Waals surface area contributed by atoms with Gasteiger partial charge < -0.3 is 4.90 Å². The van der Waals surface area contributed by atoms with Gasteiger partial charge in [0.15, 0.2) is 0 Å². The lowest BCUT2D eigenvalue weighted by atomic mass is 9.67. The van der Waals surface area contributed by atoms with E-state index in [-0.39, 0.29) is 0 Å². The van der Waals surface area contributed by atoms with Crippen LogP contribution in [0.4, 0.5) is 17.1 Å². The highest BCUT2D eigenvalue weighted by Gasteiger charge is 2.46. The van der Waals surface area contributed by atoms with Crippen LogP contribution in [0.5, 0.6) is 0 Å². The van der Waals surface area contributed by atoms with Crippen molar-refractivity contribution in [2.45, 2.75) is 5.41 Å². The Morgan fingerprint density at radius 3 is 1.63 bits per heavy atom. The van der Waals surface area contributed by atoms with E-state index in [4.69, 9.17) is 0 Å². The predicted octanol–water partition coefficient (Wildman–Crippen LogP) is 11.8. The zero-order chi connectivity index (χ0) is 30.5. The summed E-state index contributed by atoms with van der Waals surface area (Å²) < 4.78 is 0. The highest BCUT2D eigenvalue weighted by atomic mass is 15.1. The van der Waals surface area contributed by atoms with Crippen molar-refractivity contribution < 1.29 is 0 Å². The fraction of sp³-hybridized carbons (Fsp3) is 0.0222. The Bertz CT molecular complexity index is 2320. The molecule has 0 saturated heterocycles. The Hall–Kier alpha value is -5.92. The van der Waals surface area contributed by atoms with Crippen molar-refractivity contribution in [3.05, 3.63) is 210 Å². The van der Waals surface area contributed by atoms with Gasteiger partial charge >= 0.3 is 0 Å². The summed E-state index contributed by atoms with van der Waals surface area (Å²) in [5.74, 6) is 0. The molecule has 0 N–H and O–H groups in total. The molecule has 9 rings (SSSR count). The minimum absolute atomic E-state index is 0.449. The molecule has 0 radical (unpaired) electrons. The van der Waals surface area contributed by atoms with Gasteiger partial charge in [0, 0.05) is 17.1 Å². The molecule has 1 aliphatic rings. The summed E-state index contributed by atoms with van der Waals surface area (Å²) in [6, 6.07) is 68.8. The fourth-order valence-electron chi connectivity index (χ4n) is 7.74. The van der Waals surface area contributed by atoms with E-state index in [0.29, 0.717) is 0 Å². The standard InChI is InChI=1S/C45H31N/c1-4-15-34(16-5-1)45(35-17-6-2-7-18-35)43-23-13-12-22-41(43)42-29-27-38(31-44(42)45)46(36-19-8-3-9-20-36)37-26-28-40-33(30-37)25-24-32-14-10-11-21-39(32)40/h1-31H. The van der Waals surface area contributed by atoms with Crippen LogP contribution in [0, 0.1) is 0 Å². The molecule has 0 bridgehead atoms. The molecule has 0 spiro atoms. The summed E-state index contributed by atoms with van der Waals surface area (Å²) in [6.07, 6.45) is 0. The largest absolute Gasteiger partial charge is 0.310 e. The van der Waals surface area contributed by atoms with Gasteiger partial charge in [-0.05, 0) is 91.3 Å². The lowest BCUT2D eigenvalue weighted by Gasteiger charge is -2.35. The fourth-order valence-corrected chi connectivity index (χ4v) is 7.74. The number of hydrogen-bond acceptors (Lipinski definition) is 1. The number of fused-ring (bicyclic) bond motifs is 6. The minimum Gasteiger partial charge on any atom is -0.310 e. The van der Waals surface area contributed by atoms with Gasteiger partial charge in [-0.2, -0.15) is 0 Å². The Balaban J connectivity index is 1.31. The molecule has 0 aromatic heterocycles. The number of hydrogen-bond donors (Lipinski definition) is 0. The predicted molar refractivity (Wildman–Crippen MR) is 193 cm³/mol. The Kier molecular flexibility index (Phi) is 6.11. The van der Waals surface area contributed by atoms with E-state index in [0.717, 1.165) is 17.1 Å². The van der Waals surface area contributed by atoms with Gasteiger partial charge in [-0.15, -0.1) is 0 Å². The van der Waals surface area contributed by atoms with Gasteiger partial charge in [-0.25, -0.2) is 0 Å². The Labute approximate surface area is 269 Å². The summed E-state index contributed by atoms with van der Waals surface area (Å²) in [7, 11) is 0. The molecule has 0 saturated carbocycles. The van der Waals surface area contributed by atoms with Gasteiger partial charge in [-0.1, -0.05) is 152 Å². The third-order valence-electron chi connectivity index (χ3n) is 9.70. The van der Waals surface area contributed by atoms with E-state index in [9.17, 15) is 0 Å². The molecule has 216 valence electrons. The molecule has 46 heavy (non-hydrogen) atoms. The first kappa shape index (κ1) is 26.5. The van der Waals surface area contributed by atoms with Gasteiger partial charge in [0.05, 0.1) is 5.41 Å². The van der Waals surface area contributed by atoms with Crippen LogP contribution in [0.1, 0.15) is 22.3 Å². The van der Waals surface area contributed by atoms with E-state index >= 15 is 0 Å². The lowest BCUT2D eigenvalue weighted by molar-refractivity contribution is 0.768. The van der Waals surface area contributed by atoms with Gasteiger partial charge in [0.2, 0.25) is 0 Å². The van der Waals surface area contributed by atoms with Crippen LogP contribution in [0.3, 0.4) is 0 Å². The van der Waals surface area contributed by atoms with Gasteiger partial charge in [0.25, 0.3) is 0 Å². The zero-order valence-electron chi connectivity index (χ0n) is 25.3. The summed E-state index contributed by atoms with van der Waals surface area (Å²) in [6.45, 7) is 0. The van der Waals surface area contributed by atoms with Crippen LogP contribution in [0.15, 0.2) is 188 Å². The highest BCUT2D eigenvalue weighted by Crippen LogP contribution is 2.57. The first-order valence-corrected chi connectivity index (χ1v) is 15.9. The highest BCUT2D eigenvalue weighted by molar-refractivity contribution is 6.08. The molecule has 0 amide bonds. The maximum Gasteiger partial charge on any atom is 0.0714 e. The maximum absolute atomic E-state index is 2.44. The molecule has 0 heterocycles. The van der Waals surface area contributed by atoms with Crippen LogP contribution in [-0.4, -0.2) is 0 Å².